The largest absolute Gasteiger partial charge is 0.395 e. The number of hydrogen-bond donors (Lipinski definition) is 1. The van der Waals surface area contributed by atoms with Crippen LogP contribution in [0.5, 0.6) is 0 Å². The summed E-state index contributed by atoms with van der Waals surface area (Å²) in [6.45, 7) is 2.94. The summed E-state index contributed by atoms with van der Waals surface area (Å²) in [6, 6.07) is -0.00800. The summed E-state index contributed by atoms with van der Waals surface area (Å²) in [4.78, 5) is 1.99. The Hall–Kier alpha value is -0.570. The van der Waals surface area contributed by atoms with Gasteiger partial charge in [-0.3, -0.25) is 4.90 Å². The van der Waals surface area contributed by atoms with Crippen molar-refractivity contribution in [2.24, 2.45) is 0 Å². The van der Waals surface area contributed by atoms with Gasteiger partial charge in [-0.1, -0.05) is 0 Å². The zero-order valence-electron chi connectivity index (χ0n) is 10.2. The Morgan fingerprint density at radius 2 is 2.28 bits per heavy atom. The lowest BCUT2D eigenvalue weighted by Gasteiger charge is -2.25. The molecule has 1 aliphatic heterocycles. The maximum absolute atomic E-state index is 11.5. The Morgan fingerprint density at radius 3 is 2.78 bits per heavy atom. The second kappa shape index (κ2) is 5.60. The predicted molar refractivity (Wildman–Crippen MR) is 69.2 cm³/mol. The number of aliphatic hydroxyl groups excluding tert-OH is 1. The van der Waals surface area contributed by atoms with Gasteiger partial charge in [0.25, 0.3) is 0 Å². The molecule has 102 valence electrons. The fourth-order valence-corrected chi connectivity index (χ4v) is 4.65. The molecule has 0 aliphatic carbocycles. The van der Waals surface area contributed by atoms with Gasteiger partial charge in [-0.15, -0.1) is 21.5 Å². The summed E-state index contributed by atoms with van der Waals surface area (Å²) < 4.78 is 23.0. The number of nitrogens with zero attached hydrogens (tertiary/aromatic N) is 3. The molecule has 2 heterocycles. The zero-order valence-corrected chi connectivity index (χ0v) is 11.9. The molecule has 8 heteroatoms. The van der Waals surface area contributed by atoms with Crippen molar-refractivity contribution in [2.45, 2.75) is 25.9 Å². The van der Waals surface area contributed by atoms with Gasteiger partial charge in [-0.2, -0.15) is 0 Å². The van der Waals surface area contributed by atoms with E-state index in [-0.39, 0.29) is 24.2 Å². The van der Waals surface area contributed by atoms with Gasteiger partial charge in [0, 0.05) is 12.6 Å². The van der Waals surface area contributed by atoms with E-state index < -0.39 is 9.84 Å². The molecule has 0 bridgehead atoms. The lowest BCUT2D eigenvalue weighted by Crippen LogP contribution is -2.37. The molecule has 1 aromatic rings. The third-order valence-electron chi connectivity index (χ3n) is 3.02. The average Bonchev–Trinajstić information content (AvgIpc) is 2.84. The number of aromatic nitrogens is 2. The van der Waals surface area contributed by atoms with Crippen LogP contribution >= 0.6 is 11.3 Å². The highest BCUT2D eigenvalue weighted by Gasteiger charge is 2.32. The molecule has 1 N–H and O–H groups in total. The standard InChI is InChI=1S/C10H17N3O3S2/c1-8-11-12-10(17-8)6-13(3-4-14)9-2-5-18(15,16)7-9/h9,14H,2-7H2,1H3/t9-/m1/s1. The van der Waals surface area contributed by atoms with Crippen LogP contribution in [-0.2, 0) is 16.4 Å². The summed E-state index contributed by atoms with van der Waals surface area (Å²) in [5, 5.41) is 18.8. The van der Waals surface area contributed by atoms with Crippen LogP contribution in [0, 0.1) is 6.92 Å². The van der Waals surface area contributed by atoms with Crippen LogP contribution in [0.2, 0.25) is 0 Å². The maximum Gasteiger partial charge on any atom is 0.151 e. The normalized spacial score (nSPS) is 22.7. The van der Waals surface area contributed by atoms with Crippen LogP contribution in [0.3, 0.4) is 0 Å². The van der Waals surface area contributed by atoms with Crippen molar-refractivity contribution in [2.75, 3.05) is 24.7 Å². The Kier molecular flexibility index (Phi) is 4.31. The quantitative estimate of drug-likeness (QED) is 0.811. The first kappa shape index (κ1) is 13.9. The van der Waals surface area contributed by atoms with Crippen molar-refractivity contribution in [3.8, 4) is 0 Å². The summed E-state index contributed by atoms with van der Waals surface area (Å²) in [7, 11) is -2.90. The smallest absolute Gasteiger partial charge is 0.151 e. The zero-order chi connectivity index (χ0) is 13.2. The van der Waals surface area contributed by atoms with Gasteiger partial charge >= 0.3 is 0 Å². The minimum absolute atomic E-state index is 0.00800. The van der Waals surface area contributed by atoms with E-state index in [4.69, 9.17) is 5.11 Å². The summed E-state index contributed by atoms with van der Waals surface area (Å²) in [5.74, 6) is 0.430. The summed E-state index contributed by atoms with van der Waals surface area (Å²) in [6.07, 6.45) is 0.639. The molecule has 1 aliphatic rings. The molecule has 1 saturated heterocycles. The molecule has 0 amide bonds. The fourth-order valence-electron chi connectivity index (χ4n) is 2.16. The average molecular weight is 291 g/mol. The van der Waals surface area contributed by atoms with Gasteiger partial charge in [0.2, 0.25) is 0 Å². The maximum atomic E-state index is 11.5. The molecule has 1 fully saturated rings. The van der Waals surface area contributed by atoms with E-state index in [1.165, 1.54) is 11.3 Å². The van der Waals surface area contributed by atoms with Crippen molar-refractivity contribution in [3.05, 3.63) is 10.0 Å². The van der Waals surface area contributed by atoms with Crippen LogP contribution in [0.1, 0.15) is 16.4 Å². The first-order valence-corrected chi connectivity index (χ1v) is 8.48. The highest BCUT2D eigenvalue weighted by molar-refractivity contribution is 7.91. The Balaban J connectivity index is 2.04. The molecule has 1 aromatic heterocycles. The molecule has 6 nitrogen and oxygen atoms in total. The van der Waals surface area contributed by atoms with Crippen LogP contribution in [0.15, 0.2) is 0 Å². The van der Waals surface area contributed by atoms with E-state index in [9.17, 15) is 8.42 Å². The number of aliphatic hydroxyl groups is 1. The number of hydrogen-bond acceptors (Lipinski definition) is 7. The topological polar surface area (TPSA) is 83.4 Å². The first-order chi connectivity index (χ1) is 8.50. The molecule has 0 radical (unpaired) electrons. The predicted octanol–water partition coefficient (Wildman–Crippen LogP) is -0.172. The second-order valence-corrected chi connectivity index (χ2v) is 7.96. The van der Waals surface area contributed by atoms with E-state index in [1.54, 1.807) is 0 Å². The second-order valence-electron chi connectivity index (χ2n) is 4.47. The van der Waals surface area contributed by atoms with Gasteiger partial charge in [-0.25, -0.2) is 8.42 Å². The van der Waals surface area contributed by atoms with E-state index in [0.29, 0.717) is 19.5 Å². The molecule has 0 saturated carbocycles. The SMILES string of the molecule is Cc1nnc(CN(CCO)[C@@H]2CCS(=O)(=O)C2)s1. The van der Waals surface area contributed by atoms with Crippen LogP contribution in [0.4, 0.5) is 0 Å². The Bertz CT molecular complexity index is 500. The van der Waals surface area contributed by atoms with Gasteiger partial charge in [-0.05, 0) is 13.3 Å². The van der Waals surface area contributed by atoms with E-state index in [2.05, 4.69) is 10.2 Å². The van der Waals surface area contributed by atoms with E-state index in [0.717, 1.165) is 10.0 Å². The minimum atomic E-state index is -2.90. The van der Waals surface area contributed by atoms with Gasteiger partial charge in [0.1, 0.15) is 10.0 Å². The van der Waals surface area contributed by atoms with E-state index >= 15 is 0 Å². The third-order valence-corrected chi connectivity index (χ3v) is 5.59. The fraction of sp³-hybridized carbons (Fsp3) is 0.800. The van der Waals surface area contributed by atoms with E-state index in [1.807, 2.05) is 11.8 Å². The van der Waals surface area contributed by atoms with Crippen molar-refractivity contribution in [1.29, 1.82) is 0 Å². The van der Waals surface area contributed by atoms with Gasteiger partial charge in [0.05, 0.1) is 24.7 Å². The van der Waals surface area contributed by atoms with Crippen LogP contribution in [-0.4, -0.2) is 59.3 Å². The molecular weight excluding hydrogens is 274 g/mol. The molecule has 1 atom stereocenters. The molecule has 18 heavy (non-hydrogen) atoms. The summed E-state index contributed by atoms with van der Waals surface area (Å²) >= 11 is 1.51. The van der Waals surface area contributed by atoms with Crippen LogP contribution in [0.25, 0.3) is 0 Å². The van der Waals surface area contributed by atoms with Crippen molar-refractivity contribution >= 4 is 21.2 Å². The van der Waals surface area contributed by atoms with Gasteiger partial charge in [0.15, 0.2) is 9.84 Å². The molecule has 0 spiro atoms. The van der Waals surface area contributed by atoms with Crippen molar-refractivity contribution in [1.82, 2.24) is 15.1 Å². The number of aryl methyl sites for hydroxylation is 1. The Labute approximate surface area is 111 Å². The number of sulfone groups is 1. The Morgan fingerprint density at radius 1 is 1.50 bits per heavy atom. The highest BCUT2D eigenvalue weighted by Crippen LogP contribution is 2.20. The van der Waals surface area contributed by atoms with Crippen LogP contribution < -0.4 is 0 Å². The number of rotatable bonds is 5. The molecule has 0 aromatic carbocycles. The summed E-state index contributed by atoms with van der Waals surface area (Å²) in [5.41, 5.74) is 0. The lowest BCUT2D eigenvalue weighted by atomic mass is 10.2. The first-order valence-electron chi connectivity index (χ1n) is 5.84. The van der Waals surface area contributed by atoms with Crippen molar-refractivity contribution in [3.63, 3.8) is 0 Å². The minimum Gasteiger partial charge on any atom is -0.395 e. The highest BCUT2D eigenvalue weighted by atomic mass is 32.2. The molecule has 2 rings (SSSR count). The lowest BCUT2D eigenvalue weighted by molar-refractivity contribution is 0.153. The monoisotopic (exact) mass is 291 g/mol. The third kappa shape index (κ3) is 3.47. The van der Waals surface area contributed by atoms with Gasteiger partial charge < -0.3 is 5.11 Å². The van der Waals surface area contributed by atoms with Crippen molar-refractivity contribution < 1.29 is 13.5 Å². The molecule has 0 unspecified atom stereocenters. The molecular formula is C10H17N3O3S2.